The van der Waals surface area contributed by atoms with Gasteiger partial charge in [0.1, 0.15) is 5.82 Å². The van der Waals surface area contributed by atoms with E-state index in [2.05, 4.69) is 39.7 Å². The van der Waals surface area contributed by atoms with Crippen LogP contribution in [-0.2, 0) is 11.2 Å². The van der Waals surface area contributed by atoms with Crippen LogP contribution in [0.5, 0.6) is 0 Å². The van der Waals surface area contributed by atoms with Crippen LogP contribution < -0.4 is 10.6 Å². The molecule has 1 amide bonds. The summed E-state index contributed by atoms with van der Waals surface area (Å²) in [6.07, 6.45) is 6.47. The number of nitrogens with one attached hydrogen (secondary N) is 2. The Labute approximate surface area is 172 Å². The van der Waals surface area contributed by atoms with E-state index in [4.69, 9.17) is 0 Å². The van der Waals surface area contributed by atoms with Gasteiger partial charge in [0, 0.05) is 51.3 Å². The monoisotopic (exact) mass is 399 g/mol. The third-order valence-corrected chi connectivity index (χ3v) is 5.73. The van der Waals surface area contributed by atoms with Gasteiger partial charge in [0.15, 0.2) is 11.6 Å². The number of likely N-dealkylation sites (tertiary alicyclic amines) is 1. The van der Waals surface area contributed by atoms with Crippen molar-refractivity contribution in [1.82, 2.24) is 30.1 Å². The summed E-state index contributed by atoms with van der Waals surface area (Å²) in [6, 6.07) is 6.22. The average Bonchev–Trinajstić information content (AvgIpc) is 3.17. The summed E-state index contributed by atoms with van der Waals surface area (Å²) in [7, 11) is 1.79. The standard InChI is InChI=1S/C21H33N7O/c1-4-16(5-2)20(29)27-14-10-17(11-15-27)24-21(22-3)23-12-9-19-26-25-18-8-6-7-13-28(18)19/h6-8,13,16-17H,4-5,9-12,14-15H2,1-3H3,(H2,22,23,24). The van der Waals surface area contributed by atoms with Crippen molar-refractivity contribution in [2.24, 2.45) is 10.9 Å². The molecule has 0 atom stereocenters. The number of nitrogens with zero attached hydrogens (tertiary/aromatic N) is 5. The molecule has 0 aromatic carbocycles. The van der Waals surface area contributed by atoms with Gasteiger partial charge in [0.25, 0.3) is 0 Å². The average molecular weight is 400 g/mol. The highest BCUT2D eigenvalue weighted by atomic mass is 16.2. The zero-order chi connectivity index (χ0) is 20.6. The van der Waals surface area contributed by atoms with Gasteiger partial charge in [-0.2, -0.15) is 0 Å². The van der Waals surface area contributed by atoms with Crippen LogP contribution in [0.4, 0.5) is 0 Å². The number of amides is 1. The van der Waals surface area contributed by atoms with Crippen molar-refractivity contribution in [2.75, 3.05) is 26.7 Å². The number of aliphatic imine (C=N–C) groups is 1. The fraction of sp³-hybridized carbons (Fsp3) is 0.619. The quantitative estimate of drug-likeness (QED) is 0.548. The highest BCUT2D eigenvalue weighted by Gasteiger charge is 2.26. The van der Waals surface area contributed by atoms with Crippen LogP contribution >= 0.6 is 0 Å². The van der Waals surface area contributed by atoms with E-state index in [0.29, 0.717) is 11.9 Å². The van der Waals surface area contributed by atoms with Crippen LogP contribution in [0, 0.1) is 5.92 Å². The lowest BCUT2D eigenvalue weighted by molar-refractivity contribution is -0.136. The Hall–Kier alpha value is -2.64. The van der Waals surface area contributed by atoms with Crippen LogP contribution in [0.25, 0.3) is 5.65 Å². The zero-order valence-corrected chi connectivity index (χ0v) is 17.8. The molecule has 0 unspecified atom stereocenters. The van der Waals surface area contributed by atoms with E-state index in [1.807, 2.05) is 33.7 Å². The molecular weight excluding hydrogens is 366 g/mol. The van der Waals surface area contributed by atoms with Gasteiger partial charge in [-0.05, 0) is 37.8 Å². The Bertz CT molecular complexity index is 819. The molecule has 29 heavy (non-hydrogen) atoms. The zero-order valence-electron chi connectivity index (χ0n) is 17.8. The lowest BCUT2D eigenvalue weighted by atomic mass is 9.98. The SMILES string of the molecule is CCC(CC)C(=O)N1CCC(NC(=NC)NCCc2nnc3ccccn23)CC1. The third kappa shape index (κ3) is 5.25. The minimum atomic E-state index is 0.169. The van der Waals surface area contributed by atoms with Crippen molar-refractivity contribution in [3.63, 3.8) is 0 Å². The second-order valence-corrected chi connectivity index (χ2v) is 7.55. The predicted octanol–water partition coefficient (Wildman–Crippen LogP) is 1.86. The van der Waals surface area contributed by atoms with E-state index >= 15 is 0 Å². The number of hydrogen-bond donors (Lipinski definition) is 2. The van der Waals surface area contributed by atoms with Crippen LogP contribution in [-0.4, -0.2) is 64.1 Å². The van der Waals surface area contributed by atoms with Crippen LogP contribution in [0.15, 0.2) is 29.4 Å². The molecule has 1 saturated heterocycles. The minimum Gasteiger partial charge on any atom is -0.356 e. The van der Waals surface area contributed by atoms with Gasteiger partial charge in [-0.3, -0.25) is 14.2 Å². The number of hydrogen-bond acceptors (Lipinski definition) is 4. The van der Waals surface area contributed by atoms with Crippen LogP contribution in [0.1, 0.15) is 45.4 Å². The molecule has 8 heteroatoms. The molecule has 0 spiro atoms. The molecule has 0 saturated carbocycles. The summed E-state index contributed by atoms with van der Waals surface area (Å²) >= 11 is 0. The Morgan fingerprint density at radius 2 is 2.00 bits per heavy atom. The maximum absolute atomic E-state index is 12.5. The normalized spacial score (nSPS) is 15.9. The molecule has 1 fully saturated rings. The molecule has 3 heterocycles. The van der Waals surface area contributed by atoms with Gasteiger partial charge in [0.2, 0.25) is 5.91 Å². The maximum atomic E-state index is 12.5. The van der Waals surface area contributed by atoms with Crippen molar-refractivity contribution in [2.45, 2.75) is 52.0 Å². The summed E-state index contributed by atoms with van der Waals surface area (Å²) in [5.74, 6) is 2.21. The van der Waals surface area contributed by atoms with Crippen molar-refractivity contribution in [1.29, 1.82) is 0 Å². The first kappa shape index (κ1) is 21.1. The molecule has 0 aliphatic carbocycles. The molecule has 8 nitrogen and oxygen atoms in total. The lowest BCUT2D eigenvalue weighted by Gasteiger charge is -2.34. The Morgan fingerprint density at radius 3 is 2.69 bits per heavy atom. The topological polar surface area (TPSA) is 86.9 Å². The van der Waals surface area contributed by atoms with Crippen LogP contribution in [0.2, 0.25) is 0 Å². The molecule has 0 bridgehead atoms. The molecule has 2 aromatic rings. The molecule has 0 radical (unpaired) electrons. The largest absolute Gasteiger partial charge is 0.356 e. The number of guanidine groups is 1. The Morgan fingerprint density at radius 1 is 1.24 bits per heavy atom. The first-order valence-corrected chi connectivity index (χ1v) is 10.7. The molecule has 2 aromatic heterocycles. The fourth-order valence-corrected chi connectivity index (χ4v) is 3.88. The highest BCUT2D eigenvalue weighted by molar-refractivity contribution is 5.80. The molecular formula is C21H33N7O. The molecule has 1 aliphatic rings. The van der Waals surface area contributed by atoms with E-state index in [0.717, 1.165) is 69.2 Å². The van der Waals surface area contributed by atoms with Crippen molar-refractivity contribution in [3.8, 4) is 0 Å². The fourth-order valence-electron chi connectivity index (χ4n) is 3.88. The van der Waals surface area contributed by atoms with Gasteiger partial charge in [-0.15, -0.1) is 10.2 Å². The van der Waals surface area contributed by atoms with Gasteiger partial charge in [-0.25, -0.2) is 0 Å². The summed E-state index contributed by atoms with van der Waals surface area (Å²) in [6.45, 7) is 6.55. The van der Waals surface area contributed by atoms with Crippen molar-refractivity contribution < 1.29 is 4.79 Å². The number of fused-ring (bicyclic) bond motifs is 1. The summed E-state index contributed by atoms with van der Waals surface area (Å²) in [5, 5.41) is 15.3. The first-order valence-electron chi connectivity index (χ1n) is 10.7. The predicted molar refractivity (Wildman–Crippen MR) is 115 cm³/mol. The number of rotatable bonds is 7. The van der Waals surface area contributed by atoms with Crippen molar-refractivity contribution in [3.05, 3.63) is 30.2 Å². The van der Waals surface area contributed by atoms with Crippen LogP contribution in [0.3, 0.4) is 0 Å². The molecule has 2 N–H and O–H groups in total. The van der Waals surface area contributed by atoms with Gasteiger partial charge in [0.05, 0.1) is 0 Å². The van der Waals surface area contributed by atoms with Gasteiger partial charge in [-0.1, -0.05) is 19.9 Å². The van der Waals surface area contributed by atoms with E-state index in [-0.39, 0.29) is 5.92 Å². The summed E-state index contributed by atoms with van der Waals surface area (Å²) < 4.78 is 2.00. The molecule has 158 valence electrons. The van der Waals surface area contributed by atoms with E-state index in [9.17, 15) is 4.79 Å². The minimum absolute atomic E-state index is 0.169. The third-order valence-electron chi connectivity index (χ3n) is 5.73. The van der Waals surface area contributed by atoms with Gasteiger partial charge < -0.3 is 15.5 Å². The number of pyridine rings is 1. The van der Waals surface area contributed by atoms with E-state index in [1.54, 1.807) is 7.05 Å². The highest BCUT2D eigenvalue weighted by Crippen LogP contribution is 2.17. The first-order chi connectivity index (χ1) is 14.2. The Balaban J connectivity index is 1.43. The van der Waals surface area contributed by atoms with E-state index < -0.39 is 0 Å². The van der Waals surface area contributed by atoms with Gasteiger partial charge >= 0.3 is 0 Å². The number of piperidine rings is 1. The smallest absolute Gasteiger partial charge is 0.225 e. The molecule has 1 aliphatic heterocycles. The second kappa shape index (κ2) is 10.2. The summed E-state index contributed by atoms with van der Waals surface area (Å²) in [4.78, 5) is 18.9. The Kier molecular flexibility index (Phi) is 7.43. The molecule has 3 rings (SSSR count). The number of carbonyl (C=O) groups excluding carboxylic acids is 1. The van der Waals surface area contributed by atoms with Crippen molar-refractivity contribution >= 4 is 17.5 Å². The lowest BCUT2D eigenvalue weighted by Crippen LogP contribution is -2.50. The number of carbonyl (C=O) groups is 1. The summed E-state index contributed by atoms with van der Waals surface area (Å²) in [5.41, 5.74) is 0.861. The van der Waals surface area contributed by atoms with E-state index in [1.165, 1.54) is 0 Å². The number of aromatic nitrogens is 3. The second-order valence-electron chi connectivity index (χ2n) is 7.55. The maximum Gasteiger partial charge on any atom is 0.225 e.